The number of thiocarbonyl (C=S) groups is 1. The number of anilines is 1. The van der Waals surface area contributed by atoms with Gasteiger partial charge in [-0.1, -0.05) is 12.2 Å². The van der Waals surface area contributed by atoms with E-state index in [1.165, 1.54) is 6.07 Å². The molecule has 94 valence electrons. The van der Waals surface area contributed by atoms with Gasteiger partial charge in [0.2, 0.25) is 0 Å². The topological polar surface area (TPSA) is 38.0 Å². The summed E-state index contributed by atoms with van der Waals surface area (Å²) in [7, 11) is 0. The van der Waals surface area contributed by atoms with E-state index in [0.29, 0.717) is 0 Å². The fourth-order valence-corrected chi connectivity index (χ4v) is 1.59. The molecule has 0 bridgehead atoms. The second kappa shape index (κ2) is 5.69. The fourth-order valence-electron chi connectivity index (χ4n) is 1.21. The van der Waals surface area contributed by atoms with Crippen LogP contribution in [0.15, 0.2) is 18.2 Å². The quantitative estimate of drug-likeness (QED) is 0.808. The van der Waals surface area contributed by atoms with Crippen LogP contribution in [0.4, 0.5) is 10.1 Å². The van der Waals surface area contributed by atoms with Crippen molar-refractivity contribution in [3.8, 4) is 0 Å². The van der Waals surface area contributed by atoms with Crippen molar-refractivity contribution >= 4 is 34.7 Å². The summed E-state index contributed by atoms with van der Waals surface area (Å²) in [5, 5.41) is 3.20. The van der Waals surface area contributed by atoms with Crippen molar-refractivity contribution in [2.24, 2.45) is 5.73 Å². The van der Waals surface area contributed by atoms with Crippen LogP contribution < -0.4 is 11.1 Å². The van der Waals surface area contributed by atoms with E-state index in [1.807, 2.05) is 0 Å². The largest absolute Gasteiger partial charge is 0.389 e. The molecule has 1 aromatic carbocycles. The molecule has 0 saturated heterocycles. The third-order valence-electron chi connectivity index (χ3n) is 2.51. The van der Waals surface area contributed by atoms with Gasteiger partial charge in [0.05, 0.1) is 0 Å². The number of nitrogens with two attached hydrogens (primary N) is 1. The van der Waals surface area contributed by atoms with Crippen molar-refractivity contribution in [2.45, 2.75) is 18.6 Å². The number of benzene rings is 1. The monoisotopic (exact) mass is 272 g/mol. The SMILES string of the molecule is CSC(C)(C)CNc1ccc(C(N)=S)c(F)c1. The molecule has 0 heterocycles. The molecule has 0 aliphatic carbocycles. The standard InChI is InChI=1S/C12H17FN2S2/c1-12(2,17-3)7-15-8-4-5-9(11(14)16)10(13)6-8/h4-6,15H,7H2,1-3H3,(H2,14,16). The Balaban J connectivity index is 2.75. The molecule has 0 unspecified atom stereocenters. The van der Waals surface area contributed by atoms with Crippen LogP contribution in [0.3, 0.4) is 0 Å². The zero-order chi connectivity index (χ0) is 13.1. The first-order valence-electron chi connectivity index (χ1n) is 5.24. The molecule has 0 fully saturated rings. The lowest BCUT2D eigenvalue weighted by Crippen LogP contribution is -2.26. The molecule has 0 amide bonds. The van der Waals surface area contributed by atoms with E-state index in [1.54, 1.807) is 23.9 Å². The van der Waals surface area contributed by atoms with Crippen LogP contribution in [-0.4, -0.2) is 22.5 Å². The maximum atomic E-state index is 13.6. The summed E-state index contributed by atoms with van der Waals surface area (Å²) in [5.41, 5.74) is 6.42. The van der Waals surface area contributed by atoms with Crippen LogP contribution >= 0.6 is 24.0 Å². The highest BCUT2D eigenvalue weighted by atomic mass is 32.2. The fraction of sp³-hybridized carbons (Fsp3) is 0.417. The van der Waals surface area contributed by atoms with Gasteiger partial charge in [-0.15, -0.1) is 0 Å². The Morgan fingerprint density at radius 1 is 1.53 bits per heavy atom. The van der Waals surface area contributed by atoms with Gasteiger partial charge in [-0.25, -0.2) is 4.39 Å². The van der Waals surface area contributed by atoms with Gasteiger partial charge in [-0.05, 0) is 38.3 Å². The molecule has 2 nitrogen and oxygen atoms in total. The molecule has 0 radical (unpaired) electrons. The van der Waals surface area contributed by atoms with Crippen molar-refractivity contribution in [3.63, 3.8) is 0 Å². The Kier molecular flexibility index (Phi) is 4.77. The average Bonchev–Trinajstić information content (AvgIpc) is 2.26. The molecule has 0 spiro atoms. The molecule has 0 atom stereocenters. The van der Waals surface area contributed by atoms with Gasteiger partial charge >= 0.3 is 0 Å². The molecule has 1 rings (SSSR count). The maximum Gasteiger partial charge on any atom is 0.135 e. The normalized spacial score (nSPS) is 11.3. The lowest BCUT2D eigenvalue weighted by Gasteiger charge is -2.23. The Hall–Kier alpha value is -0.810. The van der Waals surface area contributed by atoms with Gasteiger partial charge in [0, 0.05) is 22.5 Å². The Morgan fingerprint density at radius 2 is 2.18 bits per heavy atom. The van der Waals surface area contributed by atoms with Crippen LogP contribution in [-0.2, 0) is 0 Å². The number of rotatable bonds is 5. The van der Waals surface area contributed by atoms with Crippen molar-refractivity contribution in [1.82, 2.24) is 0 Å². The van der Waals surface area contributed by atoms with Gasteiger partial charge in [0.15, 0.2) is 0 Å². The number of thioether (sulfide) groups is 1. The molecule has 1 aromatic rings. The minimum atomic E-state index is -0.385. The highest BCUT2D eigenvalue weighted by Gasteiger charge is 2.15. The van der Waals surface area contributed by atoms with Crippen LogP contribution in [0.2, 0.25) is 0 Å². The first-order chi connectivity index (χ1) is 7.85. The van der Waals surface area contributed by atoms with E-state index in [-0.39, 0.29) is 21.1 Å². The molecule has 0 aliphatic heterocycles. The number of nitrogens with one attached hydrogen (secondary N) is 1. The minimum absolute atomic E-state index is 0.0819. The van der Waals surface area contributed by atoms with E-state index in [2.05, 4.69) is 25.4 Å². The molecule has 0 aliphatic rings. The Bertz CT molecular complexity index is 419. The molecule has 0 saturated carbocycles. The second-order valence-electron chi connectivity index (χ2n) is 4.38. The van der Waals surface area contributed by atoms with Gasteiger partial charge in [0.1, 0.15) is 10.8 Å². The van der Waals surface area contributed by atoms with Gasteiger partial charge < -0.3 is 11.1 Å². The van der Waals surface area contributed by atoms with E-state index in [0.717, 1.165) is 12.2 Å². The summed E-state index contributed by atoms with van der Waals surface area (Å²) in [6, 6.07) is 4.81. The summed E-state index contributed by atoms with van der Waals surface area (Å²) >= 11 is 6.51. The predicted octanol–water partition coefficient (Wildman–Crippen LogP) is 3.01. The van der Waals surface area contributed by atoms with Crippen molar-refractivity contribution in [2.75, 3.05) is 18.1 Å². The van der Waals surface area contributed by atoms with E-state index in [9.17, 15) is 4.39 Å². The molecule has 5 heteroatoms. The van der Waals surface area contributed by atoms with Gasteiger partial charge in [-0.2, -0.15) is 11.8 Å². The number of hydrogen-bond donors (Lipinski definition) is 2. The summed E-state index contributed by atoms with van der Waals surface area (Å²) in [6.07, 6.45) is 2.05. The van der Waals surface area contributed by atoms with Crippen molar-refractivity contribution in [3.05, 3.63) is 29.6 Å². The highest BCUT2D eigenvalue weighted by molar-refractivity contribution is 7.99. The second-order valence-corrected chi connectivity index (χ2v) is 6.33. The molecule has 0 aromatic heterocycles. The number of hydrogen-bond acceptors (Lipinski definition) is 3. The van der Waals surface area contributed by atoms with Gasteiger partial charge in [-0.3, -0.25) is 0 Å². The van der Waals surface area contributed by atoms with E-state index < -0.39 is 0 Å². The van der Waals surface area contributed by atoms with Crippen LogP contribution in [0, 0.1) is 5.82 Å². The lowest BCUT2D eigenvalue weighted by molar-refractivity contribution is 0.625. The molecular weight excluding hydrogens is 255 g/mol. The average molecular weight is 272 g/mol. The summed E-state index contributed by atoms with van der Waals surface area (Å²) in [4.78, 5) is 0.0819. The summed E-state index contributed by atoms with van der Waals surface area (Å²) in [6.45, 7) is 5.02. The van der Waals surface area contributed by atoms with Crippen LogP contribution in [0.1, 0.15) is 19.4 Å². The minimum Gasteiger partial charge on any atom is -0.389 e. The zero-order valence-electron chi connectivity index (χ0n) is 10.2. The number of halogens is 1. The van der Waals surface area contributed by atoms with Gasteiger partial charge in [0.25, 0.3) is 0 Å². The third-order valence-corrected chi connectivity index (χ3v) is 3.97. The van der Waals surface area contributed by atoms with Crippen molar-refractivity contribution < 1.29 is 4.39 Å². The Morgan fingerprint density at radius 3 is 2.65 bits per heavy atom. The summed E-state index contributed by atoms with van der Waals surface area (Å²) < 4.78 is 13.7. The van der Waals surface area contributed by atoms with E-state index >= 15 is 0 Å². The summed E-state index contributed by atoms with van der Waals surface area (Å²) in [5.74, 6) is -0.385. The molecular formula is C12H17FN2S2. The first-order valence-corrected chi connectivity index (χ1v) is 6.87. The smallest absolute Gasteiger partial charge is 0.135 e. The maximum absolute atomic E-state index is 13.6. The predicted molar refractivity (Wildman–Crippen MR) is 78.4 cm³/mol. The molecule has 3 N–H and O–H groups in total. The third kappa shape index (κ3) is 4.16. The van der Waals surface area contributed by atoms with E-state index in [4.69, 9.17) is 18.0 Å². The molecule has 17 heavy (non-hydrogen) atoms. The Labute approximate surface area is 111 Å². The lowest BCUT2D eigenvalue weighted by atomic mass is 10.1. The van der Waals surface area contributed by atoms with Crippen LogP contribution in [0.25, 0.3) is 0 Å². The van der Waals surface area contributed by atoms with Crippen molar-refractivity contribution in [1.29, 1.82) is 0 Å². The highest BCUT2D eigenvalue weighted by Crippen LogP contribution is 2.22. The first kappa shape index (κ1) is 14.3. The van der Waals surface area contributed by atoms with Crippen LogP contribution in [0.5, 0.6) is 0 Å². The zero-order valence-corrected chi connectivity index (χ0v) is 11.8.